The Morgan fingerprint density at radius 2 is 1.90 bits per heavy atom. The zero-order valence-corrected chi connectivity index (χ0v) is 15.6. The molecule has 0 atom stereocenters. The molecule has 2 aromatic carbocycles. The van der Waals surface area contributed by atoms with Crippen molar-refractivity contribution in [1.29, 1.82) is 5.41 Å². The van der Waals surface area contributed by atoms with Gasteiger partial charge in [-0.2, -0.15) is 13.2 Å². The smallest absolute Gasteiger partial charge is 0.491 e. The van der Waals surface area contributed by atoms with E-state index >= 15 is 0 Å². The summed E-state index contributed by atoms with van der Waals surface area (Å²) in [6.45, 7) is -0.162. The van der Waals surface area contributed by atoms with E-state index in [0.717, 1.165) is 12.1 Å². The molecule has 0 unspecified atom stereocenters. The lowest BCUT2D eigenvalue weighted by Crippen LogP contribution is -2.31. The summed E-state index contributed by atoms with van der Waals surface area (Å²) in [5, 5.41) is 20.5. The van der Waals surface area contributed by atoms with E-state index in [0.29, 0.717) is 17.4 Å². The van der Waals surface area contributed by atoms with Gasteiger partial charge in [-0.25, -0.2) is 4.79 Å². The maximum Gasteiger partial charge on any atom is 0.491 e. The van der Waals surface area contributed by atoms with Crippen molar-refractivity contribution in [3.8, 4) is 11.5 Å². The number of nitrogens with two attached hydrogens (primary N) is 1. The predicted molar refractivity (Wildman–Crippen MR) is 100 cm³/mol. The third-order valence-corrected chi connectivity index (χ3v) is 3.66. The van der Waals surface area contributed by atoms with Crippen molar-refractivity contribution >= 4 is 23.4 Å². The van der Waals surface area contributed by atoms with Gasteiger partial charge in [-0.1, -0.05) is 12.1 Å². The molecular formula is C18H15F3N4O6. The molecule has 2 aromatic rings. The number of hydrogen-bond acceptors (Lipinski definition) is 7. The number of nitrogens with one attached hydrogen (secondary N) is 2. The number of nitro groups is 1. The van der Waals surface area contributed by atoms with E-state index in [-0.39, 0.29) is 19.0 Å². The number of esters is 1. The van der Waals surface area contributed by atoms with Gasteiger partial charge in [0.2, 0.25) is 0 Å². The average molecular weight is 440 g/mol. The molecule has 0 aliphatic rings. The largest absolute Gasteiger partial charge is 0.492 e. The Morgan fingerprint density at radius 3 is 2.52 bits per heavy atom. The van der Waals surface area contributed by atoms with Gasteiger partial charge < -0.3 is 20.5 Å². The summed E-state index contributed by atoms with van der Waals surface area (Å²) < 4.78 is 46.9. The zero-order valence-electron chi connectivity index (χ0n) is 15.6. The molecule has 0 spiro atoms. The molecule has 0 aliphatic carbocycles. The summed E-state index contributed by atoms with van der Waals surface area (Å²) in [4.78, 5) is 33.3. The number of nitrogens with zero attached hydrogens (tertiary/aromatic N) is 1. The lowest BCUT2D eigenvalue weighted by molar-refractivity contribution is -0.384. The van der Waals surface area contributed by atoms with Crippen LogP contribution >= 0.6 is 0 Å². The van der Waals surface area contributed by atoms with Crippen molar-refractivity contribution in [3.05, 3.63) is 63.7 Å². The monoisotopic (exact) mass is 440 g/mol. The summed E-state index contributed by atoms with van der Waals surface area (Å²) >= 11 is 0. The van der Waals surface area contributed by atoms with Crippen LogP contribution in [0.25, 0.3) is 0 Å². The lowest BCUT2D eigenvalue weighted by atomic mass is 10.1. The van der Waals surface area contributed by atoms with Crippen LogP contribution in [0, 0.1) is 15.5 Å². The third kappa shape index (κ3) is 6.42. The molecule has 31 heavy (non-hydrogen) atoms. The fraction of sp³-hybridized carbons (Fsp3) is 0.167. The van der Waals surface area contributed by atoms with E-state index in [1.807, 2.05) is 0 Å². The van der Waals surface area contributed by atoms with Crippen LogP contribution in [0.5, 0.6) is 11.5 Å². The van der Waals surface area contributed by atoms with E-state index in [1.165, 1.54) is 6.07 Å². The van der Waals surface area contributed by atoms with Gasteiger partial charge in [0, 0.05) is 11.6 Å². The molecule has 10 nitrogen and oxygen atoms in total. The normalized spacial score (nSPS) is 10.8. The Labute approximate surface area is 172 Å². The van der Waals surface area contributed by atoms with Gasteiger partial charge in [-0.05, 0) is 18.2 Å². The molecule has 13 heteroatoms. The van der Waals surface area contributed by atoms with E-state index in [1.54, 1.807) is 18.2 Å². The van der Waals surface area contributed by atoms with Crippen LogP contribution in [0.1, 0.15) is 15.9 Å². The second kappa shape index (κ2) is 9.56. The maximum atomic E-state index is 12.5. The Morgan fingerprint density at radius 1 is 1.19 bits per heavy atom. The number of alkyl halides is 3. The number of carbonyl (C=O) groups excluding carboxylic acids is 2. The molecule has 4 N–H and O–H groups in total. The summed E-state index contributed by atoms with van der Waals surface area (Å²) in [5.74, 6) is -4.30. The number of ether oxygens (including phenoxy) is 2. The van der Waals surface area contributed by atoms with Crippen molar-refractivity contribution in [3.63, 3.8) is 0 Å². The second-order valence-electron chi connectivity index (χ2n) is 5.87. The molecule has 0 saturated heterocycles. The molecule has 1 amide bonds. The number of carbonyl (C=O) groups is 2. The fourth-order valence-corrected chi connectivity index (χ4v) is 2.24. The first-order chi connectivity index (χ1) is 14.5. The van der Waals surface area contributed by atoms with Gasteiger partial charge >= 0.3 is 12.1 Å². The number of nitro benzene ring substituents is 1. The fourth-order valence-electron chi connectivity index (χ4n) is 2.24. The lowest BCUT2D eigenvalue weighted by Gasteiger charge is -2.12. The van der Waals surface area contributed by atoms with Crippen molar-refractivity contribution < 1.29 is 37.2 Å². The first-order valence-electron chi connectivity index (χ1n) is 8.42. The van der Waals surface area contributed by atoms with Crippen molar-refractivity contribution in [1.82, 2.24) is 5.32 Å². The molecule has 164 valence electrons. The van der Waals surface area contributed by atoms with Gasteiger partial charge in [0.1, 0.15) is 18.2 Å². The molecule has 0 aliphatic heterocycles. The van der Waals surface area contributed by atoms with Crippen LogP contribution in [0.4, 0.5) is 18.9 Å². The van der Waals surface area contributed by atoms with Crippen molar-refractivity contribution in [2.24, 2.45) is 5.73 Å². The first-order valence-corrected chi connectivity index (χ1v) is 8.42. The number of hydrogen-bond donors (Lipinski definition) is 3. The number of amidine groups is 1. The van der Waals surface area contributed by atoms with Crippen LogP contribution < -0.4 is 20.5 Å². The summed E-state index contributed by atoms with van der Waals surface area (Å²) in [7, 11) is 0. The minimum absolute atomic E-state index is 0.0578. The number of halogens is 3. The standard InChI is InChI=1S/C18H15F3N4O6/c19-18(20,21)17(27)31-14-9-11(25(28)29)4-5-13(14)16(26)24-6-7-30-12-3-1-2-10(8-12)15(22)23/h1-5,8-9H,6-7H2,(H3,22,23)(H,24,26). The highest BCUT2D eigenvalue weighted by Gasteiger charge is 2.42. The molecular weight excluding hydrogens is 425 g/mol. The summed E-state index contributed by atoms with van der Waals surface area (Å²) in [6.07, 6.45) is -5.36. The SMILES string of the molecule is N=C(N)c1cccc(OCCNC(=O)c2ccc([N+](=O)[O-])cc2OC(=O)C(F)(F)F)c1. The Kier molecular flexibility index (Phi) is 7.13. The van der Waals surface area contributed by atoms with Gasteiger partial charge in [0.25, 0.3) is 11.6 Å². The van der Waals surface area contributed by atoms with E-state index in [4.69, 9.17) is 15.9 Å². The molecule has 0 bridgehead atoms. The third-order valence-electron chi connectivity index (χ3n) is 3.66. The average Bonchev–Trinajstić information content (AvgIpc) is 2.70. The predicted octanol–water partition coefficient (Wildman–Crippen LogP) is 2.16. The van der Waals surface area contributed by atoms with Gasteiger partial charge in [-0.3, -0.25) is 20.3 Å². The topological polar surface area (TPSA) is 158 Å². The van der Waals surface area contributed by atoms with Crippen LogP contribution in [0.3, 0.4) is 0 Å². The highest BCUT2D eigenvalue weighted by molar-refractivity contribution is 5.98. The number of nitrogen functional groups attached to an aromatic ring is 1. The zero-order chi connectivity index (χ0) is 23.2. The molecule has 0 radical (unpaired) electrons. The summed E-state index contributed by atoms with van der Waals surface area (Å²) in [5.41, 5.74) is 4.61. The van der Waals surface area contributed by atoms with Gasteiger partial charge in [0.05, 0.1) is 23.1 Å². The number of rotatable bonds is 8. The van der Waals surface area contributed by atoms with Crippen molar-refractivity contribution in [2.75, 3.05) is 13.2 Å². The van der Waals surface area contributed by atoms with Crippen LogP contribution in [0.15, 0.2) is 42.5 Å². The molecule has 0 fully saturated rings. The van der Waals surface area contributed by atoms with E-state index in [9.17, 15) is 32.9 Å². The number of benzene rings is 2. The van der Waals surface area contributed by atoms with Gasteiger partial charge in [-0.15, -0.1) is 0 Å². The highest BCUT2D eigenvalue weighted by Crippen LogP contribution is 2.27. The van der Waals surface area contributed by atoms with Gasteiger partial charge in [0.15, 0.2) is 5.75 Å². The second-order valence-corrected chi connectivity index (χ2v) is 5.87. The summed E-state index contributed by atoms with van der Waals surface area (Å²) in [6, 6.07) is 8.56. The Hall–Kier alpha value is -4.16. The molecule has 2 rings (SSSR count). The van der Waals surface area contributed by atoms with Crippen LogP contribution in [-0.4, -0.2) is 42.0 Å². The van der Waals surface area contributed by atoms with Crippen molar-refractivity contribution in [2.45, 2.75) is 6.18 Å². The molecule has 0 heterocycles. The van der Waals surface area contributed by atoms with Crippen LogP contribution in [0.2, 0.25) is 0 Å². The highest BCUT2D eigenvalue weighted by atomic mass is 19.4. The maximum absolute atomic E-state index is 12.5. The quantitative estimate of drug-likeness (QED) is 0.108. The minimum Gasteiger partial charge on any atom is -0.492 e. The Bertz CT molecular complexity index is 1030. The number of non-ortho nitro benzene ring substituents is 1. The van der Waals surface area contributed by atoms with E-state index in [2.05, 4.69) is 10.1 Å². The first kappa shape index (κ1) is 23.1. The minimum atomic E-state index is -5.36. The molecule has 0 aromatic heterocycles. The Balaban J connectivity index is 2.06. The molecule has 0 saturated carbocycles. The van der Waals surface area contributed by atoms with E-state index < -0.39 is 40.0 Å². The van der Waals surface area contributed by atoms with Crippen LogP contribution in [-0.2, 0) is 4.79 Å². The number of amides is 1.